The highest BCUT2D eigenvalue weighted by molar-refractivity contribution is 9.10. The van der Waals surface area contributed by atoms with Crippen LogP contribution in [-0.2, 0) is 0 Å². The van der Waals surface area contributed by atoms with Gasteiger partial charge in [0.2, 0.25) is 0 Å². The van der Waals surface area contributed by atoms with E-state index in [9.17, 15) is 0 Å². The molecule has 0 radical (unpaired) electrons. The van der Waals surface area contributed by atoms with E-state index in [0.717, 1.165) is 22.6 Å². The summed E-state index contributed by atoms with van der Waals surface area (Å²) in [5.74, 6) is 0. The van der Waals surface area contributed by atoms with Crippen LogP contribution in [0.3, 0.4) is 0 Å². The van der Waals surface area contributed by atoms with Crippen molar-refractivity contribution in [2.75, 3.05) is 6.61 Å². The van der Waals surface area contributed by atoms with Crippen LogP contribution in [0.2, 0.25) is 0 Å². The summed E-state index contributed by atoms with van der Waals surface area (Å²) >= 11 is 5.03. The van der Waals surface area contributed by atoms with Crippen molar-refractivity contribution in [1.29, 1.82) is 0 Å². The summed E-state index contributed by atoms with van der Waals surface area (Å²) in [6, 6.07) is 2.01. The zero-order valence-corrected chi connectivity index (χ0v) is 8.87. The molecule has 0 fully saturated rings. The molecule has 0 saturated carbocycles. The number of unbranched alkanes of at least 4 members (excludes halogenated alkanes) is 1. The molecular weight excluding hydrogens is 224 g/mol. The highest BCUT2D eigenvalue weighted by Gasteiger charge is 1.99. The van der Waals surface area contributed by atoms with Gasteiger partial charge in [-0.15, -0.1) is 11.3 Å². The van der Waals surface area contributed by atoms with Crippen LogP contribution in [0.15, 0.2) is 15.9 Å². The second kappa shape index (κ2) is 4.78. The molecule has 0 aliphatic carbocycles. The standard InChI is InChI=1S/C8H11BrOS/c1-2-3-5-10-8-7(9)4-6-11-8/h4,6H,2-3,5H2,1H3. The van der Waals surface area contributed by atoms with Crippen LogP contribution in [0.25, 0.3) is 0 Å². The average Bonchev–Trinajstić information content (AvgIpc) is 2.37. The monoisotopic (exact) mass is 234 g/mol. The second-order valence-electron chi connectivity index (χ2n) is 2.26. The summed E-state index contributed by atoms with van der Waals surface area (Å²) in [4.78, 5) is 0. The third-order valence-corrected chi connectivity index (χ3v) is 3.03. The molecule has 0 aromatic carbocycles. The first kappa shape index (κ1) is 9.07. The Balaban J connectivity index is 2.32. The lowest BCUT2D eigenvalue weighted by Crippen LogP contribution is -1.94. The fourth-order valence-corrected chi connectivity index (χ4v) is 2.05. The fraction of sp³-hybridized carbons (Fsp3) is 0.500. The minimum atomic E-state index is 0.829. The zero-order valence-electron chi connectivity index (χ0n) is 6.47. The second-order valence-corrected chi connectivity index (χ2v) is 3.99. The number of thiophene rings is 1. The molecule has 1 heterocycles. The van der Waals surface area contributed by atoms with E-state index >= 15 is 0 Å². The molecule has 0 atom stereocenters. The molecular formula is C8H11BrOS. The molecule has 0 aliphatic heterocycles. The Morgan fingerprint density at radius 1 is 1.64 bits per heavy atom. The Bertz CT molecular complexity index is 210. The van der Waals surface area contributed by atoms with Gasteiger partial charge in [0.05, 0.1) is 11.1 Å². The van der Waals surface area contributed by atoms with E-state index in [1.165, 1.54) is 6.42 Å². The molecule has 1 rings (SSSR count). The summed E-state index contributed by atoms with van der Waals surface area (Å²) in [6.07, 6.45) is 2.31. The average molecular weight is 235 g/mol. The van der Waals surface area contributed by atoms with E-state index in [-0.39, 0.29) is 0 Å². The molecule has 0 unspecified atom stereocenters. The minimum Gasteiger partial charge on any atom is -0.483 e. The van der Waals surface area contributed by atoms with Crippen LogP contribution >= 0.6 is 27.3 Å². The summed E-state index contributed by atoms with van der Waals surface area (Å²) in [5, 5.41) is 3.02. The SMILES string of the molecule is CCCCOc1sccc1Br. The molecule has 1 nitrogen and oxygen atoms in total. The van der Waals surface area contributed by atoms with Gasteiger partial charge in [-0.05, 0) is 33.8 Å². The van der Waals surface area contributed by atoms with Gasteiger partial charge in [-0.25, -0.2) is 0 Å². The summed E-state index contributed by atoms with van der Waals surface area (Å²) in [7, 11) is 0. The quantitative estimate of drug-likeness (QED) is 0.723. The molecule has 3 heteroatoms. The normalized spacial score (nSPS) is 10.0. The molecule has 0 amide bonds. The van der Waals surface area contributed by atoms with Gasteiger partial charge in [-0.3, -0.25) is 0 Å². The summed E-state index contributed by atoms with van der Waals surface area (Å²) in [6.45, 7) is 2.99. The van der Waals surface area contributed by atoms with E-state index in [1.807, 2.05) is 11.4 Å². The summed E-state index contributed by atoms with van der Waals surface area (Å²) < 4.78 is 6.56. The Hall–Kier alpha value is -0.0200. The van der Waals surface area contributed by atoms with Gasteiger partial charge < -0.3 is 4.74 Å². The van der Waals surface area contributed by atoms with E-state index in [0.29, 0.717) is 0 Å². The van der Waals surface area contributed by atoms with E-state index < -0.39 is 0 Å². The zero-order chi connectivity index (χ0) is 8.10. The largest absolute Gasteiger partial charge is 0.483 e. The smallest absolute Gasteiger partial charge is 0.188 e. The van der Waals surface area contributed by atoms with Crippen LogP contribution < -0.4 is 4.74 Å². The number of halogens is 1. The Morgan fingerprint density at radius 3 is 3.00 bits per heavy atom. The lowest BCUT2D eigenvalue weighted by molar-refractivity contribution is 0.316. The van der Waals surface area contributed by atoms with Crippen molar-refractivity contribution in [3.05, 3.63) is 15.9 Å². The summed E-state index contributed by atoms with van der Waals surface area (Å²) in [5.41, 5.74) is 0. The molecule has 1 aromatic heterocycles. The lowest BCUT2D eigenvalue weighted by atomic mass is 10.4. The van der Waals surface area contributed by atoms with Gasteiger partial charge in [-0.1, -0.05) is 13.3 Å². The van der Waals surface area contributed by atoms with Crippen molar-refractivity contribution in [3.8, 4) is 5.06 Å². The van der Waals surface area contributed by atoms with Crippen molar-refractivity contribution in [2.45, 2.75) is 19.8 Å². The molecule has 0 bridgehead atoms. The number of rotatable bonds is 4. The first-order chi connectivity index (χ1) is 5.34. The molecule has 0 spiro atoms. The van der Waals surface area contributed by atoms with Crippen LogP contribution in [0, 0.1) is 0 Å². The topological polar surface area (TPSA) is 9.23 Å². The van der Waals surface area contributed by atoms with Crippen LogP contribution in [0.4, 0.5) is 0 Å². The highest BCUT2D eigenvalue weighted by atomic mass is 79.9. The van der Waals surface area contributed by atoms with Gasteiger partial charge in [-0.2, -0.15) is 0 Å². The van der Waals surface area contributed by atoms with Gasteiger partial charge in [0.15, 0.2) is 5.06 Å². The number of hydrogen-bond donors (Lipinski definition) is 0. The van der Waals surface area contributed by atoms with Gasteiger partial charge in [0.1, 0.15) is 0 Å². The van der Waals surface area contributed by atoms with Crippen molar-refractivity contribution in [3.63, 3.8) is 0 Å². The van der Waals surface area contributed by atoms with Crippen molar-refractivity contribution in [2.24, 2.45) is 0 Å². The molecule has 62 valence electrons. The van der Waals surface area contributed by atoms with Crippen molar-refractivity contribution in [1.82, 2.24) is 0 Å². The van der Waals surface area contributed by atoms with Gasteiger partial charge >= 0.3 is 0 Å². The third-order valence-electron chi connectivity index (χ3n) is 1.32. The predicted octanol–water partition coefficient (Wildman–Crippen LogP) is 3.69. The molecule has 11 heavy (non-hydrogen) atoms. The van der Waals surface area contributed by atoms with Crippen LogP contribution in [-0.4, -0.2) is 6.61 Å². The first-order valence-corrected chi connectivity index (χ1v) is 5.37. The lowest BCUT2D eigenvalue weighted by Gasteiger charge is -2.01. The third kappa shape index (κ3) is 2.83. The highest BCUT2D eigenvalue weighted by Crippen LogP contribution is 2.30. The Labute approximate surface area is 79.5 Å². The van der Waals surface area contributed by atoms with Crippen LogP contribution in [0.1, 0.15) is 19.8 Å². The van der Waals surface area contributed by atoms with Gasteiger partial charge in [0.25, 0.3) is 0 Å². The van der Waals surface area contributed by atoms with Crippen LogP contribution in [0.5, 0.6) is 5.06 Å². The Kier molecular flexibility index (Phi) is 3.94. The van der Waals surface area contributed by atoms with Crippen molar-refractivity contribution >= 4 is 27.3 Å². The molecule has 1 aromatic rings. The molecule has 0 N–H and O–H groups in total. The first-order valence-electron chi connectivity index (χ1n) is 3.70. The fourth-order valence-electron chi connectivity index (χ4n) is 0.692. The number of hydrogen-bond acceptors (Lipinski definition) is 2. The van der Waals surface area contributed by atoms with E-state index in [4.69, 9.17) is 4.74 Å². The van der Waals surface area contributed by atoms with Crippen molar-refractivity contribution < 1.29 is 4.74 Å². The van der Waals surface area contributed by atoms with E-state index in [2.05, 4.69) is 22.9 Å². The maximum Gasteiger partial charge on any atom is 0.188 e. The number of ether oxygens (including phenoxy) is 1. The maximum atomic E-state index is 5.49. The Morgan fingerprint density at radius 2 is 2.45 bits per heavy atom. The van der Waals surface area contributed by atoms with Gasteiger partial charge in [0, 0.05) is 0 Å². The maximum absolute atomic E-state index is 5.49. The predicted molar refractivity (Wildman–Crippen MR) is 52.4 cm³/mol. The molecule has 0 aliphatic rings. The molecule has 0 saturated heterocycles. The van der Waals surface area contributed by atoms with E-state index in [1.54, 1.807) is 11.3 Å². The minimum absolute atomic E-state index is 0.829.